The fourth-order valence-corrected chi connectivity index (χ4v) is 3.97. The zero-order valence-corrected chi connectivity index (χ0v) is 21.8. The molecule has 3 amide bonds. The van der Waals surface area contributed by atoms with Crippen LogP contribution in [0.2, 0.25) is 0 Å². The topological polar surface area (TPSA) is 124 Å². The highest BCUT2D eigenvalue weighted by atomic mass is 19.1. The number of aryl methyl sites for hydroxylation is 1. The van der Waals surface area contributed by atoms with Crippen molar-refractivity contribution < 1.29 is 32.6 Å². The molecule has 1 aliphatic heterocycles. The average Bonchev–Trinajstić information content (AvgIpc) is 3.54. The molecule has 4 rings (SSSR count). The molecule has 3 aromatic rings. The van der Waals surface area contributed by atoms with E-state index in [1.54, 1.807) is 36.8 Å². The molecule has 0 bridgehead atoms. The number of hydrogen-bond acceptors (Lipinski definition) is 7. The first-order valence-electron chi connectivity index (χ1n) is 12.3. The second-order valence-electron chi connectivity index (χ2n) is 8.84. The molecule has 0 spiro atoms. The highest BCUT2D eigenvalue weighted by Gasteiger charge is 2.29. The minimum absolute atomic E-state index is 0.0777. The molecule has 1 atom stereocenters. The van der Waals surface area contributed by atoms with Crippen LogP contribution in [0.3, 0.4) is 0 Å². The fraction of sp³-hybridized carbons (Fsp3) is 0.400. The summed E-state index contributed by atoms with van der Waals surface area (Å²) < 4.78 is 39.9. The maximum Gasteiger partial charge on any atom is 0.409 e. The molecule has 2 aromatic heterocycles. The van der Waals surface area contributed by atoms with Gasteiger partial charge in [0.15, 0.2) is 24.0 Å². The van der Waals surface area contributed by atoms with Crippen LogP contribution in [0, 0.1) is 18.6 Å². The lowest BCUT2D eigenvalue weighted by Crippen LogP contribution is -2.52. The predicted octanol–water partition coefficient (Wildman–Crippen LogP) is 2.82. The van der Waals surface area contributed by atoms with Gasteiger partial charge in [0.25, 0.3) is 5.91 Å². The average molecular weight is 546 g/mol. The maximum absolute atomic E-state index is 13.7. The van der Waals surface area contributed by atoms with E-state index in [4.69, 9.17) is 9.47 Å². The lowest BCUT2D eigenvalue weighted by atomic mass is 10.2. The van der Waals surface area contributed by atoms with Gasteiger partial charge in [-0.2, -0.15) is 10.2 Å². The molecule has 1 saturated heterocycles. The van der Waals surface area contributed by atoms with E-state index in [0.717, 1.165) is 12.1 Å². The monoisotopic (exact) mass is 545 g/mol. The van der Waals surface area contributed by atoms with Crippen molar-refractivity contribution >= 4 is 23.6 Å². The van der Waals surface area contributed by atoms with Crippen LogP contribution >= 0.6 is 0 Å². The van der Waals surface area contributed by atoms with E-state index in [1.165, 1.54) is 21.6 Å². The number of nitrogens with zero attached hydrogens (tertiary/aromatic N) is 6. The second kappa shape index (κ2) is 11.9. The number of anilines is 1. The SMILES string of the molecule is CCOC(=O)N1CCN(C(=O)C(C)n2cc(NC(=O)c3ccn(COc4ccc(F)cc4F)n3)c(C)n2)CC1. The molecule has 208 valence electrons. The Bertz CT molecular complexity index is 1350. The summed E-state index contributed by atoms with van der Waals surface area (Å²) in [6.45, 7) is 6.78. The van der Waals surface area contributed by atoms with Crippen LogP contribution in [-0.2, 0) is 16.3 Å². The van der Waals surface area contributed by atoms with Crippen LogP contribution in [0.15, 0.2) is 36.7 Å². The zero-order valence-electron chi connectivity index (χ0n) is 21.8. The van der Waals surface area contributed by atoms with Crippen LogP contribution < -0.4 is 10.1 Å². The summed E-state index contributed by atoms with van der Waals surface area (Å²) in [7, 11) is 0. The molecule has 0 aliphatic carbocycles. The van der Waals surface area contributed by atoms with E-state index >= 15 is 0 Å². The summed E-state index contributed by atoms with van der Waals surface area (Å²) in [5.41, 5.74) is 0.990. The number of aromatic nitrogens is 4. The van der Waals surface area contributed by atoms with Crippen molar-refractivity contribution in [2.75, 3.05) is 38.1 Å². The molecule has 12 nitrogen and oxygen atoms in total. The van der Waals surface area contributed by atoms with Gasteiger partial charge in [0.2, 0.25) is 5.91 Å². The zero-order chi connectivity index (χ0) is 28.1. The van der Waals surface area contributed by atoms with Crippen molar-refractivity contribution in [3.05, 3.63) is 59.7 Å². The highest BCUT2D eigenvalue weighted by molar-refractivity contribution is 6.03. The Balaban J connectivity index is 1.32. The number of rotatable bonds is 8. The second-order valence-corrected chi connectivity index (χ2v) is 8.84. The van der Waals surface area contributed by atoms with Crippen LogP contribution in [0.4, 0.5) is 19.3 Å². The number of carbonyl (C=O) groups is 3. The molecule has 1 aromatic carbocycles. The van der Waals surface area contributed by atoms with Crippen LogP contribution in [-0.4, -0.2) is 80.1 Å². The Hall–Kier alpha value is -4.49. The molecule has 0 saturated carbocycles. The third kappa shape index (κ3) is 6.51. The predicted molar refractivity (Wildman–Crippen MR) is 134 cm³/mol. The van der Waals surface area contributed by atoms with Crippen LogP contribution in [0.5, 0.6) is 5.75 Å². The highest BCUT2D eigenvalue weighted by Crippen LogP contribution is 2.20. The molecular weight excluding hydrogens is 516 g/mol. The van der Waals surface area contributed by atoms with Crippen LogP contribution in [0.25, 0.3) is 0 Å². The van der Waals surface area contributed by atoms with E-state index in [0.29, 0.717) is 50.2 Å². The summed E-state index contributed by atoms with van der Waals surface area (Å²) in [5.74, 6) is -2.39. The molecule has 39 heavy (non-hydrogen) atoms. The summed E-state index contributed by atoms with van der Waals surface area (Å²) in [6, 6.07) is 3.77. The van der Waals surface area contributed by atoms with Crippen molar-refractivity contribution in [1.82, 2.24) is 29.4 Å². The van der Waals surface area contributed by atoms with Gasteiger partial charge in [0.05, 0.1) is 18.0 Å². The standard InChI is InChI=1S/C25H29F2N7O5/c1-4-38-25(37)32-11-9-31(10-12-32)24(36)17(3)34-14-21(16(2)29-34)28-23(35)20-7-8-33(30-20)15-39-22-6-5-18(26)13-19(22)27/h5-8,13-14,17H,4,9-12,15H2,1-3H3,(H,28,35). The normalized spacial score (nSPS) is 14.2. The summed E-state index contributed by atoms with van der Waals surface area (Å²) in [4.78, 5) is 40.9. The molecule has 1 fully saturated rings. The van der Waals surface area contributed by atoms with E-state index in [9.17, 15) is 23.2 Å². The van der Waals surface area contributed by atoms with Gasteiger partial charge in [0, 0.05) is 44.6 Å². The third-order valence-corrected chi connectivity index (χ3v) is 6.16. The number of piperazine rings is 1. The first kappa shape index (κ1) is 27.5. The van der Waals surface area contributed by atoms with Gasteiger partial charge in [-0.25, -0.2) is 18.3 Å². The first-order valence-corrected chi connectivity index (χ1v) is 12.3. The van der Waals surface area contributed by atoms with E-state index in [-0.39, 0.29) is 30.2 Å². The molecule has 1 N–H and O–H groups in total. The fourth-order valence-electron chi connectivity index (χ4n) is 3.97. The van der Waals surface area contributed by atoms with E-state index in [1.807, 2.05) is 0 Å². The van der Waals surface area contributed by atoms with Gasteiger partial charge < -0.3 is 24.6 Å². The maximum atomic E-state index is 13.7. The molecular formula is C25H29F2N7O5. The Kier molecular flexibility index (Phi) is 8.42. The van der Waals surface area contributed by atoms with Crippen molar-refractivity contribution in [2.45, 2.75) is 33.5 Å². The summed E-state index contributed by atoms with van der Waals surface area (Å²) in [6.07, 6.45) is 2.66. The lowest BCUT2D eigenvalue weighted by molar-refractivity contribution is -0.136. The Labute approximate surface area is 223 Å². The van der Waals surface area contributed by atoms with Crippen molar-refractivity contribution in [3.8, 4) is 5.75 Å². The lowest BCUT2D eigenvalue weighted by Gasteiger charge is -2.35. The Morgan fingerprint density at radius 2 is 1.79 bits per heavy atom. The molecule has 0 radical (unpaired) electrons. The minimum Gasteiger partial charge on any atom is -0.468 e. The Morgan fingerprint density at radius 3 is 2.49 bits per heavy atom. The third-order valence-electron chi connectivity index (χ3n) is 6.16. The molecule has 1 aliphatic rings. The summed E-state index contributed by atoms with van der Waals surface area (Å²) >= 11 is 0. The van der Waals surface area contributed by atoms with Crippen molar-refractivity contribution in [3.63, 3.8) is 0 Å². The van der Waals surface area contributed by atoms with Crippen molar-refractivity contribution in [1.29, 1.82) is 0 Å². The Morgan fingerprint density at radius 1 is 1.08 bits per heavy atom. The van der Waals surface area contributed by atoms with Gasteiger partial charge in [-0.15, -0.1) is 0 Å². The number of amides is 3. The summed E-state index contributed by atoms with van der Waals surface area (Å²) in [5, 5.41) is 11.2. The van der Waals surface area contributed by atoms with Gasteiger partial charge in [0.1, 0.15) is 11.9 Å². The first-order chi connectivity index (χ1) is 18.7. The van der Waals surface area contributed by atoms with E-state index in [2.05, 4.69) is 15.5 Å². The van der Waals surface area contributed by atoms with Gasteiger partial charge in [-0.3, -0.25) is 14.3 Å². The number of ether oxygens (including phenoxy) is 2. The smallest absolute Gasteiger partial charge is 0.409 e. The number of halogens is 2. The largest absolute Gasteiger partial charge is 0.468 e. The van der Waals surface area contributed by atoms with Crippen LogP contribution in [0.1, 0.15) is 36.1 Å². The molecule has 14 heteroatoms. The van der Waals surface area contributed by atoms with E-state index < -0.39 is 23.6 Å². The number of benzene rings is 1. The minimum atomic E-state index is -0.848. The van der Waals surface area contributed by atoms with Gasteiger partial charge >= 0.3 is 6.09 Å². The number of nitrogens with one attached hydrogen (secondary N) is 1. The van der Waals surface area contributed by atoms with Gasteiger partial charge in [-0.05, 0) is 39.0 Å². The number of carbonyl (C=O) groups excluding carboxylic acids is 3. The molecule has 1 unspecified atom stereocenters. The number of hydrogen-bond donors (Lipinski definition) is 1. The quantitative estimate of drug-likeness (QED) is 0.462. The molecule has 3 heterocycles. The van der Waals surface area contributed by atoms with Crippen molar-refractivity contribution in [2.24, 2.45) is 0 Å². The van der Waals surface area contributed by atoms with Gasteiger partial charge in [-0.1, -0.05) is 0 Å².